The maximum absolute atomic E-state index is 12.2. The van der Waals surface area contributed by atoms with Crippen molar-refractivity contribution in [2.24, 2.45) is 5.73 Å². The molecule has 2 N–H and O–H groups in total. The lowest BCUT2D eigenvalue weighted by atomic mass is 10.2. The Hall–Kier alpha value is -1.92. The van der Waals surface area contributed by atoms with E-state index < -0.39 is 12.2 Å². The van der Waals surface area contributed by atoms with Gasteiger partial charge in [0, 0.05) is 12.6 Å². The highest BCUT2D eigenvalue weighted by molar-refractivity contribution is 6.19. The summed E-state index contributed by atoms with van der Waals surface area (Å²) in [6, 6.07) is 6.91. The van der Waals surface area contributed by atoms with Crippen molar-refractivity contribution in [3.05, 3.63) is 24.3 Å². The van der Waals surface area contributed by atoms with Crippen LogP contribution in [0.15, 0.2) is 24.3 Å². The number of nitrogens with zero attached hydrogens (tertiary/aromatic N) is 1. The first-order valence-corrected chi connectivity index (χ1v) is 6.67. The molecule has 1 aromatic carbocycles. The normalized spacial score (nSPS) is 25.1. The van der Waals surface area contributed by atoms with Crippen LogP contribution in [0.2, 0.25) is 0 Å². The molecule has 2 bridgehead atoms. The fraction of sp³-hybridized carbons (Fsp3) is 0.429. The number of amides is 2. The van der Waals surface area contributed by atoms with Gasteiger partial charge in [0.2, 0.25) is 0 Å². The first-order valence-electron chi connectivity index (χ1n) is 6.67. The Morgan fingerprint density at radius 2 is 1.95 bits per heavy atom. The first-order chi connectivity index (χ1) is 9.70. The number of benzene rings is 1. The molecule has 2 aliphatic heterocycles. The van der Waals surface area contributed by atoms with Crippen molar-refractivity contribution < 1.29 is 19.1 Å². The van der Waals surface area contributed by atoms with Crippen LogP contribution in [0, 0.1) is 0 Å². The molecule has 2 unspecified atom stereocenters. The van der Waals surface area contributed by atoms with Crippen molar-refractivity contribution in [1.29, 1.82) is 0 Å². The number of hydrogen-bond acceptors (Lipinski definition) is 5. The molecule has 20 heavy (non-hydrogen) atoms. The molecular formula is C14H16N2O4. The summed E-state index contributed by atoms with van der Waals surface area (Å²) in [6.07, 6.45) is 0.224. The van der Waals surface area contributed by atoms with Crippen molar-refractivity contribution in [2.75, 3.05) is 18.1 Å². The summed E-state index contributed by atoms with van der Waals surface area (Å²) in [7, 11) is 0. The predicted molar refractivity (Wildman–Crippen MR) is 71.4 cm³/mol. The summed E-state index contributed by atoms with van der Waals surface area (Å²) in [5, 5.41) is 0. The summed E-state index contributed by atoms with van der Waals surface area (Å²) in [5.74, 6) is 0.00633. The van der Waals surface area contributed by atoms with Crippen LogP contribution in [-0.4, -0.2) is 37.2 Å². The summed E-state index contributed by atoms with van der Waals surface area (Å²) in [4.78, 5) is 25.7. The molecule has 2 atom stereocenters. The average molecular weight is 276 g/mol. The summed E-state index contributed by atoms with van der Waals surface area (Å²) in [5.41, 5.74) is 5.91. The van der Waals surface area contributed by atoms with Gasteiger partial charge in [-0.25, -0.2) is 4.90 Å². The summed E-state index contributed by atoms with van der Waals surface area (Å²) < 4.78 is 10.8. The highest BCUT2D eigenvalue weighted by atomic mass is 16.5. The fourth-order valence-corrected chi connectivity index (χ4v) is 2.54. The zero-order valence-electron chi connectivity index (χ0n) is 11.0. The molecule has 2 saturated heterocycles. The standard InChI is InChI=1S/C14H16N2O4/c15-6-7-19-10-3-1-2-9(8-10)16-13(17)11-4-5-12(20-11)14(16)18/h1-3,8,11-12H,4-7,15H2. The van der Waals surface area contributed by atoms with Gasteiger partial charge in [-0.2, -0.15) is 0 Å². The van der Waals surface area contributed by atoms with E-state index in [2.05, 4.69) is 0 Å². The van der Waals surface area contributed by atoms with Gasteiger partial charge in [-0.15, -0.1) is 0 Å². The molecule has 6 heteroatoms. The van der Waals surface area contributed by atoms with Crippen molar-refractivity contribution >= 4 is 17.5 Å². The smallest absolute Gasteiger partial charge is 0.262 e. The van der Waals surface area contributed by atoms with Crippen molar-refractivity contribution in [2.45, 2.75) is 25.0 Å². The second kappa shape index (κ2) is 5.22. The molecule has 6 nitrogen and oxygen atoms in total. The molecule has 3 rings (SSSR count). The SMILES string of the molecule is NCCOc1cccc(N2C(=O)C3CCC(O3)C2=O)c1. The summed E-state index contributed by atoms with van der Waals surface area (Å²) >= 11 is 0. The van der Waals surface area contributed by atoms with Gasteiger partial charge in [0.15, 0.2) is 0 Å². The largest absolute Gasteiger partial charge is 0.492 e. The van der Waals surface area contributed by atoms with Gasteiger partial charge in [-0.3, -0.25) is 9.59 Å². The maximum Gasteiger partial charge on any atom is 0.262 e. The van der Waals surface area contributed by atoms with Gasteiger partial charge in [0.1, 0.15) is 24.6 Å². The molecule has 1 aromatic rings. The van der Waals surface area contributed by atoms with Crippen LogP contribution in [0.1, 0.15) is 12.8 Å². The Bertz CT molecular complexity index is 524. The molecule has 2 fully saturated rings. The first kappa shape index (κ1) is 13.1. The second-order valence-corrected chi connectivity index (χ2v) is 4.84. The van der Waals surface area contributed by atoms with Gasteiger partial charge < -0.3 is 15.2 Å². The monoisotopic (exact) mass is 276 g/mol. The third-order valence-electron chi connectivity index (χ3n) is 3.47. The quantitative estimate of drug-likeness (QED) is 0.807. The van der Waals surface area contributed by atoms with Crippen LogP contribution < -0.4 is 15.4 Å². The molecule has 2 heterocycles. The van der Waals surface area contributed by atoms with Crippen LogP contribution in [0.5, 0.6) is 5.75 Å². The van der Waals surface area contributed by atoms with Crippen LogP contribution in [0.3, 0.4) is 0 Å². The average Bonchev–Trinajstić information content (AvgIpc) is 2.91. The number of rotatable bonds is 4. The number of nitrogens with two attached hydrogens (primary N) is 1. The van der Waals surface area contributed by atoms with Crippen molar-refractivity contribution in [3.63, 3.8) is 0 Å². The number of imide groups is 1. The van der Waals surface area contributed by atoms with E-state index in [0.717, 1.165) is 0 Å². The topological polar surface area (TPSA) is 81.9 Å². The zero-order chi connectivity index (χ0) is 14.1. The highest BCUT2D eigenvalue weighted by Crippen LogP contribution is 2.32. The van der Waals surface area contributed by atoms with Gasteiger partial charge in [-0.1, -0.05) is 6.07 Å². The molecule has 0 aliphatic carbocycles. The lowest BCUT2D eigenvalue weighted by Gasteiger charge is -2.30. The molecule has 0 radical (unpaired) electrons. The van der Waals surface area contributed by atoms with Crippen LogP contribution >= 0.6 is 0 Å². The van der Waals surface area contributed by atoms with E-state index >= 15 is 0 Å². The number of carbonyl (C=O) groups is 2. The number of hydrogen-bond donors (Lipinski definition) is 1. The molecule has 0 saturated carbocycles. The number of anilines is 1. The van der Waals surface area contributed by atoms with Gasteiger partial charge in [0.05, 0.1) is 5.69 Å². The molecule has 0 aromatic heterocycles. The van der Waals surface area contributed by atoms with E-state index in [9.17, 15) is 9.59 Å². The van der Waals surface area contributed by atoms with Crippen LogP contribution in [0.25, 0.3) is 0 Å². The Labute approximate surface area is 116 Å². The van der Waals surface area contributed by atoms with E-state index in [0.29, 0.717) is 37.4 Å². The summed E-state index contributed by atoms with van der Waals surface area (Å²) in [6.45, 7) is 0.795. The van der Waals surface area contributed by atoms with Crippen LogP contribution in [0.4, 0.5) is 5.69 Å². The van der Waals surface area contributed by atoms with E-state index in [-0.39, 0.29) is 11.8 Å². The number of morpholine rings is 1. The van der Waals surface area contributed by atoms with E-state index in [4.69, 9.17) is 15.2 Å². The predicted octanol–water partition coefficient (Wildman–Crippen LogP) is 0.445. The third kappa shape index (κ3) is 2.17. The molecule has 2 aliphatic rings. The lowest BCUT2D eigenvalue weighted by Crippen LogP contribution is -2.52. The van der Waals surface area contributed by atoms with Gasteiger partial charge in [0.25, 0.3) is 11.8 Å². The highest BCUT2D eigenvalue weighted by Gasteiger charge is 2.47. The zero-order valence-corrected chi connectivity index (χ0v) is 11.0. The minimum absolute atomic E-state index is 0.292. The Morgan fingerprint density at radius 3 is 2.60 bits per heavy atom. The van der Waals surface area contributed by atoms with Gasteiger partial charge in [-0.05, 0) is 25.0 Å². The Balaban J connectivity index is 1.88. The Morgan fingerprint density at radius 1 is 1.25 bits per heavy atom. The second-order valence-electron chi connectivity index (χ2n) is 4.84. The van der Waals surface area contributed by atoms with E-state index in [1.165, 1.54) is 4.90 Å². The van der Waals surface area contributed by atoms with E-state index in [1.807, 2.05) is 0 Å². The number of carbonyl (C=O) groups excluding carboxylic acids is 2. The molecule has 2 amide bonds. The number of ether oxygens (including phenoxy) is 2. The van der Waals surface area contributed by atoms with Gasteiger partial charge >= 0.3 is 0 Å². The van der Waals surface area contributed by atoms with E-state index in [1.54, 1.807) is 24.3 Å². The third-order valence-corrected chi connectivity index (χ3v) is 3.47. The van der Waals surface area contributed by atoms with Crippen LogP contribution in [-0.2, 0) is 14.3 Å². The molecular weight excluding hydrogens is 260 g/mol. The lowest BCUT2D eigenvalue weighted by molar-refractivity contribution is -0.146. The Kier molecular flexibility index (Phi) is 3.42. The molecule has 0 spiro atoms. The van der Waals surface area contributed by atoms with Crippen molar-refractivity contribution in [1.82, 2.24) is 0 Å². The fourth-order valence-electron chi connectivity index (χ4n) is 2.54. The minimum Gasteiger partial charge on any atom is -0.492 e. The minimum atomic E-state index is -0.494. The molecule has 106 valence electrons. The van der Waals surface area contributed by atoms with Crippen molar-refractivity contribution in [3.8, 4) is 5.75 Å². The maximum atomic E-state index is 12.2. The number of fused-ring (bicyclic) bond motifs is 2.